The Morgan fingerprint density at radius 2 is 1.95 bits per heavy atom. The summed E-state index contributed by atoms with van der Waals surface area (Å²) in [5, 5.41) is 6.12. The lowest BCUT2D eigenvalue weighted by Crippen LogP contribution is -2.26. The van der Waals surface area contributed by atoms with Crippen molar-refractivity contribution in [1.29, 1.82) is 0 Å². The first-order valence-corrected chi connectivity index (χ1v) is 7.06. The minimum atomic E-state index is -0.280. The molecular formula is C15H17N3O3. The van der Waals surface area contributed by atoms with Gasteiger partial charge in [-0.15, -0.1) is 0 Å². The number of anilines is 1. The Morgan fingerprint density at radius 1 is 1.19 bits per heavy atom. The number of carbonyl (C=O) groups excluding carboxylic acids is 3. The van der Waals surface area contributed by atoms with E-state index in [4.69, 9.17) is 0 Å². The number of nitrogens with zero attached hydrogens (tertiary/aromatic N) is 1. The molecule has 1 aromatic rings. The largest absolute Gasteiger partial charge is 0.382 e. The number of hydrogen-bond acceptors (Lipinski definition) is 4. The second-order valence-electron chi connectivity index (χ2n) is 5.47. The summed E-state index contributed by atoms with van der Waals surface area (Å²) in [4.78, 5) is 36.5. The second-order valence-corrected chi connectivity index (χ2v) is 5.47. The van der Waals surface area contributed by atoms with Gasteiger partial charge in [0.05, 0.1) is 11.1 Å². The lowest BCUT2D eigenvalue weighted by Gasteiger charge is -2.16. The molecule has 0 bridgehead atoms. The Labute approximate surface area is 122 Å². The zero-order valence-electron chi connectivity index (χ0n) is 11.8. The quantitative estimate of drug-likeness (QED) is 0.795. The molecule has 3 rings (SSSR count). The van der Waals surface area contributed by atoms with Crippen LogP contribution in [0.3, 0.4) is 0 Å². The lowest BCUT2D eigenvalue weighted by atomic mass is 10.1. The van der Waals surface area contributed by atoms with Gasteiger partial charge in [0, 0.05) is 31.7 Å². The van der Waals surface area contributed by atoms with Crippen LogP contribution >= 0.6 is 0 Å². The molecule has 2 heterocycles. The van der Waals surface area contributed by atoms with E-state index in [1.807, 2.05) is 0 Å². The Hall–Kier alpha value is -2.37. The number of nitrogens with one attached hydrogen (secondary N) is 2. The molecule has 2 aliphatic rings. The minimum absolute atomic E-state index is 0.0390. The van der Waals surface area contributed by atoms with Crippen LogP contribution in [0.4, 0.5) is 5.69 Å². The van der Waals surface area contributed by atoms with Crippen molar-refractivity contribution in [2.24, 2.45) is 0 Å². The molecule has 1 unspecified atom stereocenters. The molecule has 3 amide bonds. The summed E-state index contributed by atoms with van der Waals surface area (Å²) >= 11 is 0. The lowest BCUT2D eigenvalue weighted by molar-refractivity contribution is -0.120. The predicted molar refractivity (Wildman–Crippen MR) is 77.1 cm³/mol. The number of carbonyl (C=O) groups is 3. The number of rotatable bonds is 2. The highest BCUT2D eigenvalue weighted by Gasteiger charge is 2.32. The average Bonchev–Trinajstić information content (AvgIpc) is 2.62. The smallest absolute Gasteiger partial charge is 0.261 e. The molecule has 0 aliphatic carbocycles. The van der Waals surface area contributed by atoms with Gasteiger partial charge in [0.1, 0.15) is 0 Å². The Kier molecular flexibility index (Phi) is 3.37. The van der Waals surface area contributed by atoms with Gasteiger partial charge >= 0.3 is 0 Å². The molecule has 110 valence electrons. The summed E-state index contributed by atoms with van der Waals surface area (Å²) in [5.74, 6) is -0.509. The van der Waals surface area contributed by atoms with E-state index in [2.05, 4.69) is 10.6 Å². The van der Waals surface area contributed by atoms with Crippen LogP contribution in [0, 0.1) is 0 Å². The third kappa shape index (κ3) is 2.49. The van der Waals surface area contributed by atoms with Gasteiger partial charge in [-0.05, 0) is 31.0 Å². The zero-order valence-corrected chi connectivity index (χ0v) is 11.8. The summed E-state index contributed by atoms with van der Waals surface area (Å²) in [7, 11) is 1.48. The molecule has 0 aromatic heterocycles. The molecule has 6 nitrogen and oxygen atoms in total. The zero-order chi connectivity index (χ0) is 15.0. The standard InChI is InChI=1S/C15H17N3O3/c1-18-14(20)11-5-4-10(7-12(11)15(18)21)17-9-3-2-6-16-13(19)8-9/h4-5,7,9,17H,2-3,6,8H2,1H3,(H,16,19). The van der Waals surface area contributed by atoms with Crippen LogP contribution in [0.1, 0.15) is 40.0 Å². The normalized spacial score (nSPS) is 21.9. The number of imide groups is 1. The summed E-state index contributed by atoms with van der Waals surface area (Å²) in [6.07, 6.45) is 2.24. The molecule has 1 atom stereocenters. The van der Waals surface area contributed by atoms with Gasteiger partial charge in [-0.1, -0.05) is 0 Å². The fourth-order valence-electron chi connectivity index (χ4n) is 2.78. The number of amides is 3. The fourth-order valence-corrected chi connectivity index (χ4v) is 2.78. The maximum Gasteiger partial charge on any atom is 0.261 e. The van der Waals surface area contributed by atoms with Gasteiger partial charge in [0.15, 0.2) is 0 Å². The van der Waals surface area contributed by atoms with Gasteiger partial charge in [-0.3, -0.25) is 19.3 Å². The fraction of sp³-hybridized carbons (Fsp3) is 0.400. The third-order valence-electron chi connectivity index (χ3n) is 3.94. The summed E-state index contributed by atoms with van der Waals surface area (Å²) in [6, 6.07) is 5.20. The Morgan fingerprint density at radius 3 is 2.76 bits per heavy atom. The molecule has 1 aromatic carbocycles. The maximum atomic E-state index is 12.0. The third-order valence-corrected chi connectivity index (χ3v) is 3.94. The van der Waals surface area contributed by atoms with Crippen molar-refractivity contribution in [3.63, 3.8) is 0 Å². The molecule has 1 saturated heterocycles. The number of fused-ring (bicyclic) bond motifs is 1. The van der Waals surface area contributed by atoms with Crippen LogP contribution in [-0.4, -0.2) is 42.3 Å². The van der Waals surface area contributed by atoms with Crippen molar-refractivity contribution in [3.05, 3.63) is 29.3 Å². The van der Waals surface area contributed by atoms with Gasteiger partial charge in [-0.25, -0.2) is 0 Å². The van der Waals surface area contributed by atoms with Crippen LogP contribution in [0.25, 0.3) is 0 Å². The van der Waals surface area contributed by atoms with E-state index in [0.717, 1.165) is 23.4 Å². The van der Waals surface area contributed by atoms with Crippen LogP contribution in [0.2, 0.25) is 0 Å². The Bertz CT molecular complexity index is 627. The molecular weight excluding hydrogens is 270 g/mol. The average molecular weight is 287 g/mol. The number of benzene rings is 1. The van der Waals surface area contributed by atoms with Crippen LogP contribution in [0.15, 0.2) is 18.2 Å². The second kappa shape index (κ2) is 5.20. The van der Waals surface area contributed by atoms with E-state index in [1.54, 1.807) is 18.2 Å². The van der Waals surface area contributed by atoms with E-state index >= 15 is 0 Å². The summed E-state index contributed by atoms with van der Waals surface area (Å²) in [6.45, 7) is 0.707. The highest BCUT2D eigenvalue weighted by Crippen LogP contribution is 2.25. The van der Waals surface area contributed by atoms with Crippen molar-refractivity contribution in [2.45, 2.75) is 25.3 Å². The Balaban J connectivity index is 1.80. The van der Waals surface area contributed by atoms with Crippen molar-refractivity contribution in [1.82, 2.24) is 10.2 Å². The van der Waals surface area contributed by atoms with Crippen LogP contribution < -0.4 is 10.6 Å². The van der Waals surface area contributed by atoms with Crippen LogP contribution in [-0.2, 0) is 4.79 Å². The number of hydrogen-bond donors (Lipinski definition) is 2. The van der Waals surface area contributed by atoms with Gasteiger partial charge in [-0.2, -0.15) is 0 Å². The maximum absolute atomic E-state index is 12.0. The van der Waals surface area contributed by atoms with E-state index in [9.17, 15) is 14.4 Å². The summed E-state index contributed by atoms with van der Waals surface area (Å²) < 4.78 is 0. The molecule has 6 heteroatoms. The molecule has 0 spiro atoms. The highest BCUT2D eigenvalue weighted by atomic mass is 16.2. The monoisotopic (exact) mass is 287 g/mol. The highest BCUT2D eigenvalue weighted by molar-refractivity contribution is 6.21. The van der Waals surface area contributed by atoms with Gasteiger partial charge in [0.2, 0.25) is 5.91 Å². The SMILES string of the molecule is CN1C(=O)c2ccc(NC3CCCNC(=O)C3)cc2C1=O. The van der Waals surface area contributed by atoms with E-state index < -0.39 is 0 Å². The van der Waals surface area contributed by atoms with Crippen molar-refractivity contribution in [2.75, 3.05) is 18.9 Å². The van der Waals surface area contributed by atoms with Gasteiger partial charge < -0.3 is 10.6 Å². The topological polar surface area (TPSA) is 78.5 Å². The van der Waals surface area contributed by atoms with E-state index in [0.29, 0.717) is 24.1 Å². The first kappa shape index (κ1) is 13.6. The molecule has 2 N–H and O–H groups in total. The van der Waals surface area contributed by atoms with Crippen LogP contribution in [0.5, 0.6) is 0 Å². The first-order chi connectivity index (χ1) is 10.1. The molecule has 0 saturated carbocycles. The molecule has 21 heavy (non-hydrogen) atoms. The molecule has 1 fully saturated rings. The molecule has 0 radical (unpaired) electrons. The van der Waals surface area contributed by atoms with Gasteiger partial charge in [0.25, 0.3) is 11.8 Å². The van der Waals surface area contributed by atoms with Crippen molar-refractivity contribution < 1.29 is 14.4 Å². The first-order valence-electron chi connectivity index (χ1n) is 7.06. The summed E-state index contributed by atoms with van der Waals surface area (Å²) in [5.41, 5.74) is 1.63. The minimum Gasteiger partial charge on any atom is -0.382 e. The van der Waals surface area contributed by atoms with E-state index in [-0.39, 0.29) is 23.8 Å². The van der Waals surface area contributed by atoms with E-state index in [1.165, 1.54) is 7.05 Å². The predicted octanol–water partition coefficient (Wildman–Crippen LogP) is 0.993. The van der Waals surface area contributed by atoms with Crippen molar-refractivity contribution in [3.8, 4) is 0 Å². The molecule has 2 aliphatic heterocycles. The van der Waals surface area contributed by atoms with Crippen molar-refractivity contribution >= 4 is 23.4 Å².